The van der Waals surface area contributed by atoms with Crippen LogP contribution in [0.2, 0.25) is 0 Å². The summed E-state index contributed by atoms with van der Waals surface area (Å²) in [7, 11) is 1.56. The minimum atomic E-state index is -1.02. The van der Waals surface area contributed by atoms with Crippen molar-refractivity contribution in [1.29, 1.82) is 0 Å². The Morgan fingerprint density at radius 2 is 1.47 bits per heavy atom. The van der Waals surface area contributed by atoms with Gasteiger partial charge in [0.25, 0.3) is 0 Å². The molecule has 0 aromatic heterocycles. The standard InChI is InChI=1S/C34H38N6O5/c1-44-30-21-26(20-25-15-8-9-16-27(25)30)38-31(41)28(17-10-18-37-33(35)36)39-32(42)29(19-23-11-4-2-5-12-23)40-34(43)45-22-24-13-6-3-7-14-24/h2-9,11-16,20-21,28-29H,10,17-19,22H2,1H3,(H,38,41)(H,39,42)(H,40,43)(H4,35,36,37)/t28-,29-/m0/s1. The molecular formula is C34H38N6O5. The number of anilines is 1. The second-order valence-electron chi connectivity index (χ2n) is 10.3. The van der Waals surface area contributed by atoms with Gasteiger partial charge in [-0.05, 0) is 35.4 Å². The van der Waals surface area contributed by atoms with E-state index in [-0.39, 0.29) is 32.0 Å². The lowest BCUT2D eigenvalue weighted by atomic mass is 10.0. The van der Waals surface area contributed by atoms with Crippen molar-refractivity contribution in [3.05, 3.63) is 108 Å². The smallest absolute Gasteiger partial charge is 0.408 e. The van der Waals surface area contributed by atoms with E-state index in [4.69, 9.17) is 20.9 Å². The molecule has 234 valence electrons. The van der Waals surface area contributed by atoms with Gasteiger partial charge in [0.2, 0.25) is 11.8 Å². The first-order chi connectivity index (χ1) is 21.8. The zero-order chi connectivity index (χ0) is 32.0. The number of rotatable bonds is 14. The minimum Gasteiger partial charge on any atom is -0.496 e. The van der Waals surface area contributed by atoms with Crippen LogP contribution in [0, 0.1) is 0 Å². The highest BCUT2D eigenvalue weighted by Crippen LogP contribution is 2.30. The quantitative estimate of drug-likeness (QED) is 0.0820. The number of nitrogens with one attached hydrogen (secondary N) is 3. The van der Waals surface area contributed by atoms with Crippen LogP contribution in [-0.4, -0.2) is 49.6 Å². The van der Waals surface area contributed by atoms with Crippen molar-refractivity contribution < 1.29 is 23.9 Å². The van der Waals surface area contributed by atoms with Crippen LogP contribution in [0.5, 0.6) is 5.75 Å². The Hall–Kier alpha value is -5.58. The zero-order valence-corrected chi connectivity index (χ0v) is 25.1. The van der Waals surface area contributed by atoms with Gasteiger partial charge in [-0.25, -0.2) is 4.79 Å². The Labute approximate surface area is 262 Å². The molecule has 0 radical (unpaired) electrons. The molecule has 7 N–H and O–H groups in total. The summed E-state index contributed by atoms with van der Waals surface area (Å²) in [5, 5.41) is 10.2. The van der Waals surface area contributed by atoms with E-state index in [0.29, 0.717) is 17.9 Å². The molecule has 0 saturated heterocycles. The number of nitrogens with zero attached hydrogens (tertiary/aromatic N) is 1. The van der Waals surface area contributed by atoms with Crippen molar-refractivity contribution in [3.63, 3.8) is 0 Å². The van der Waals surface area contributed by atoms with Crippen molar-refractivity contribution in [2.75, 3.05) is 19.0 Å². The van der Waals surface area contributed by atoms with Crippen molar-refractivity contribution in [1.82, 2.24) is 10.6 Å². The second-order valence-corrected chi connectivity index (χ2v) is 10.3. The summed E-state index contributed by atoms with van der Waals surface area (Å²) >= 11 is 0. The fourth-order valence-corrected chi connectivity index (χ4v) is 4.76. The molecule has 0 fully saturated rings. The average Bonchev–Trinajstić information content (AvgIpc) is 3.05. The summed E-state index contributed by atoms with van der Waals surface area (Å²) in [6, 6.07) is 27.7. The van der Waals surface area contributed by atoms with Gasteiger partial charge in [0.05, 0.1) is 7.11 Å². The lowest BCUT2D eigenvalue weighted by molar-refractivity contribution is -0.128. The third-order valence-corrected chi connectivity index (χ3v) is 6.99. The summed E-state index contributed by atoms with van der Waals surface area (Å²) in [6.45, 7) is 0.306. The molecular weight excluding hydrogens is 572 g/mol. The lowest BCUT2D eigenvalue weighted by Gasteiger charge is -2.23. The molecule has 0 aliphatic heterocycles. The first-order valence-corrected chi connectivity index (χ1v) is 14.6. The number of carbonyl (C=O) groups is 3. The van der Waals surface area contributed by atoms with Crippen LogP contribution in [0.4, 0.5) is 10.5 Å². The molecule has 11 nitrogen and oxygen atoms in total. The van der Waals surface area contributed by atoms with Gasteiger partial charge in [-0.15, -0.1) is 0 Å². The highest BCUT2D eigenvalue weighted by atomic mass is 16.5. The Morgan fingerprint density at radius 3 is 2.16 bits per heavy atom. The number of alkyl carbamates (subject to hydrolysis) is 1. The Balaban J connectivity index is 1.51. The molecule has 2 atom stereocenters. The zero-order valence-electron chi connectivity index (χ0n) is 25.1. The van der Waals surface area contributed by atoms with E-state index in [1.165, 1.54) is 0 Å². The van der Waals surface area contributed by atoms with Gasteiger partial charge in [0, 0.05) is 30.1 Å². The van der Waals surface area contributed by atoms with Crippen LogP contribution in [0.3, 0.4) is 0 Å². The van der Waals surface area contributed by atoms with E-state index < -0.39 is 30.0 Å². The van der Waals surface area contributed by atoms with Crippen LogP contribution in [0.15, 0.2) is 102 Å². The van der Waals surface area contributed by atoms with Crippen LogP contribution in [0.1, 0.15) is 24.0 Å². The Bertz CT molecular complexity index is 1610. The second kappa shape index (κ2) is 16.3. The van der Waals surface area contributed by atoms with Gasteiger partial charge < -0.3 is 36.9 Å². The van der Waals surface area contributed by atoms with Gasteiger partial charge in [-0.1, -0.05) is 84.9 Å². The van der Waals surface area contributed by atoms with Crippen LogP contribution < -0.4 is 32.2 Å². The van der Waals surface area contributed by atoms with Crippen molar-refractivity contribution in [2.24, 2.45) is 16.5 Å². The molecule has 3 amide bonds. The third kappa shape index (κ3) is 9.99. The molecule has 0 unspecified atom stereocenters. The van der Waals surface area contributed by atoms with Gasteiger partial charge in [0.1, 0.15) is 24.4 Å². The van der Waals surface area contributed by atoms with E-state index in [1.54, 1.807) is 13.2 Å². The predicted molar refractivity (Wildman–Crippen MR) is 175 cm³/mol. The number of hydrogen-bond donors (Lipinski definition) is 5. The highest BCUT2D eigenvalue weighted by molar-refractivity contribution is 6.01. The molecule has 0 aliphatic rings. The SMILES string of the molecule is COc1cc(NC(=O)[C@H](CCCN=C(N)N)NC(=O)[C@H](Cc2ccccc2)NC(=O)OCc2ccccc2)cc2ccccc12. The number of amides is 3. The van der Waals surface area contributed by atoms with Gasteiger partial charge >= 0.3 is 6.09 Å². The number of methoxy groups -OCH3 is 1. The topological polar surface area (TPSA) is 170 Å². The van der Waals surface area contributed by atoms with E-state index in [9.17, 15) is 14.4 Å². The van der Waals surface area contributed by atoms with Crippen LogP contribution in [-0.2, 0) is 27.4 Å². The molecule has 0 heterocycles. The minimum absolute atomic E-state index is 0.0391. The summed E-state index contributed by atoms with van der Waals surface area (Å²) in [6.07, 6.45) is 0.0621. The van der Waals surface area contributed by atoms with Crippen LogP contribution >= 0.6 is 0 Å². The number of hydrogen-bond acceptors (Lipinski definition) is 6. The number of ether oxygens (including phenoxy) is 2. The number of guanidine groups is 1. The molecule has 0 aliphatic carbocycles. The van der Waals surface area contributed by atoms with Crippen molar-refractivity contribution in [2.45, 2.75) is 38.0 Å². The maximum absolute atomic E-state index is 13.7. The largest absolute Gasteiger partial charge is 0.496 e. The summed E-state index contributed by atoms with van der Waals surface area (Å²) < 4.78 is 10.9. The molecule has 4 rings (SSSR count). The maximum Gasteiger partial charge on any atom is 0.408 e. The molecule has 0 spiro atoms. The molecule has 0 bridgehead atoms. The molecule has 4 aromatic carbocycles. The molecule has 11 heteroatoms. The number of benzene rings is 4. The Morgan fingerprint density at radius 1 is 0.800 bits per heavy atom. The number of aliphatic imine (C=N–C) groups is 1. The van der Waals surface area contributed by atoms with E-state index in [1.807, 2.05) is 91.0 Å². The first kappa shape index (κ1) is 32.3. The predicted octanol–water partition coefficient (Wildman–Crippen LogP) is 3.86. The summed E-state index contributed by atoms with van der Waals surface area (Å²) in [5.74, 6) is -0.466. The van der Waals surface area contributed by atoms with E-state index in [0.717, 1.165) is 21.9 Å². The monoisotopic (exact) mass is 610 g/mol. The number of fused-ring (bicyclic) bond motifs is 1. The third-order valence-electron chi connectivity index (χ3n) is 6.99. The average molecular weight is 611 g/mol. The molecule has 0 saturated carbocycles. The van der Waals surface area contributed by atoms with Crippen molar-refractivity contribution in [3.8, 4) is 5.75 Å². The molecule has 45 heavy (non-hydrogen) atoms. The van der Waals surface area contributed by atoms with Crippen LogP contribution in [0.25, 0.3) is 10.8 Å². The van der Waals surface area contributed by atoms with E-state index >= 15 is 0 Å². The lowest BCUT2D eigenvalue weighted by Crippen LogP contribution is -2.53. The normalized spacial score (nSPS) is 11.9. The van der Waals surface area contributed by atoms with Gasteiger partial charge in [0.15, 0.2) is 5.96 Å². The maximum atomic E-state index is 13.7. The number of nitrogens with two attached hydrogens (primary N) is 2. The Kier molecular flexibility index (Phi) is 11.7. The van der Waals surface area contributed by atoms with Crippen molar-refractivity contribution >= 4 is 40.3 Å². The molecule has 4 aromatic rings. The summed E-state index contributed by atoms with van der Waals surface area (Å²) in [5.41, 5.74) is 13.0. The summed E-state index contributed by atoms with van der Waals surface area (Å²) in [4.78, 5) is 44.1. The fourth-order valence-electron chi connectivity index (χ4n) is 4.76. The number of carbonyl (C=O) groups excluding carboxylic acids is 3. The van der Waals surface area contributed by atoms with Gasteiger partial charge in [-0.3, -0.25) is 14.6 Å². The highest BCUT2D eigenvalue weighted by Gasteiger charge is 2.28. The van der Waals surface area contributed by atoms with E-state index in [2.05, 4.69) is 20.9 Å². The van der Waals surface area contributed by atoms with Gasteiger partial charge in [-0.2, -0.15) is 0 Å². The fraction of sp³-hybridized carbons (Fsp3) is 0.235. The first-order valence-electron chi connectivity index (χ1n) is 14.6.